The lowest BCUT2D eigenvalue weighted by atomic mass is 10.1. The highest BCUT2D eigenvalue weighted by molar-refractivity contribution is 5.94. The van der Waals surface area contributed by atoms with Crippen molar-refractivity contribution in [2.75, 3.05) is 12.3 Å². The molecule has 1 amide bonds. The number of nitrogens with one attached hydrogen (secondary N) is 1. The van der Waals surface area contributed by atoms with E-state index in [0.29, 0.717) is 30.1 Å². The van der Waals surface area contributed by atoms with Gasteiger partial charge in [0.05, 0.1) is 0 Å². The Morgan fingerprint density at radius 2 is 1.88 bits per heavy atom. The van der Waals surface area contributed by atoms with Crippen LogP contribution in [0.3, 0.4) is 0 Å². The van der Waals surface area contributed by atoms with Gasteiger partial charge in [-0.3, -0.25) is 4.79 Å². The van der Waals surface area contributed by atoms with Crippen molar-refractivity contribution in [1.82, 2.24) is 10.3 Å². The fourth-order valence-electron chi connectivity index (χ4n) is 2.60. The number of nitrogens with two attached hydrogens (primary N) is 1. The number of ether oxygens (including phenoxy) is 1. The summed E-state index contributed by atoms with van der Waals surface area (Å²) < 4.78 is 5.80. The molecule has 26 heavy (non-hydrogen) atoms. The molecular weight excluding hydrogens is 326 g/mol. The summed E-state index contributed by atoms with van der Waals surface area (Å²) in [5.41, 5.74) is 8.49. The van der Waals surface area contributed by atoms with Gasteiger partial charge in [0.15, 0.2) is 0 Å². The predicted molar refractivity (Wildman–Crippen MR) is 102 cm³/mol. The highest BCUT2D eigenvalue weighted by Crippen LogP contribution is 2.23. The Hall–Kier alpha value is -3.34. The van der Waals surface area contributed by atoms with E-state index in [1.54, 1.807) is 18.3 Å². The second kappa shape index (κ2) is 8.16. The van der Waals surface area contributed by atoms with Crippen LogP contribution in [0.25, 0.3) is 0 Å². The molecule has 1 aromatic heterocycles. The number of benzene rings is 2. The van der Waals surface area contributed by atoms with Gasteiger partial charge in [0.2, 0.25) is 0 Å². The Bertz CT molecular complexity index is 909. The molecule has 5 heteroatoms. The highest BCUT2D eigenvalue weighted by atomic mass is 16.5. The van der Waals surface area contributed by atoms with Crippen molar-refractivity contribution in [2.45, 2.75) is 13.3 Å². The van der Waals surface area contributed by atoms with Gasteiger partial charge in [-0.25, -0.2) is 4.98 Å². The van der Waals surface area contributed by atoms with Gasteiger partial charge >= 0.3 is 0 Å². The van der Waals surface area contributed by atoms with E-state index in [4.69, 9.17) is 10.5 Å². The number of aromatic nitrogens is 1. The average Bonchev–Trinajstić information content (AvgIpc) is 2.62. The maximum Gasteiger partial charge on any atom is 0.251 e. The van der Waals surface area contributed by atoms with Crippen LogP contribution in [0.15, 0.2) is 66.9 Å². The summed E-state index contributed by atoms with van der Waals surface area (Å²) >= 11 is 0. The number of anilines is 1. The van der Waals surface area contributed by atoms with Crippen molar-refractivity contribution in [1.29, 1.82) is 0 Å². The zero-order valence-corrected chi connectivity index (χ0v) is 14.6. The lowest BCUT2D eigenvalue weighted by molar-refractivity contribution is 0.0954. The van der Waals surface area contributed by atoms with Gasteiger partial charge in [0, 0.05) is 24.4 Å². The molecule has 0 aliphatic carbocycles. The Morgan fingerprint density at radius 3 is 2.69 bits per heavy atom. The third kappa shape index (κ3) is 4.83. The van der Waals surface area contributed by atoms with Crippen LogP contribution in [0.2, 0.25) is 0 Å². The van der Waals surface area contributed by atoms with Crippen LogP contribution in [0.5, 0.6) is 11.5 Å². The Balaban J connectivity index is 1.56. The van der Waals surface area contributed by atoms with Gasteiger partial charge in [-0.1, -0.05) is 29.8 Å². The van der Waals surface area contributed by atoms with Crippen molar-refractivity contribution >= 4 is 11.7 Å². The van der Waals surface area contributed by atoms with Crippen molar-refractivity contribution in [3.8, 4) is 11.5 Å². The summed E-state index contributed by atoms with van der Waals surface area (Å²) in [5.74, 6) is 1.71. The summed E-state index contributed by atoms with van der Waals surface area (Å²) in [6.45, 7) is 2.52. The average molecular weight is 347 g/mol. The first-order chi connectivity index (χ1) is 12.6. The molecule has 0 aliphatic heterocycles. The van der Waals surface area contributed by atoms with Gasteiger partial charge in [-0.2, -0.15) is 0 Å². The van der Waals surface area contributed by atoms with Crippen LogP contribution in [0, 0.1) is 6.92 Å². The maximum atomic E-state index is 12.2. The SMILES string of the molecule is Cc1cccc(C(=O)NCCc2cccc(Oc3ccnc(N)c3)c2)c1. The van der Waals surface area contributed by atoms with E-state index in [2.05, 4.69) is 10.3 Å². The molecule has 0 aliphatic rings. The molecule has 0 bridgehead atoms. The number of carbonyl (C=O) groups is 1. The number of hydrogen-bond acceptors (Lipinski definition) is 4. The van der Waals surface area contributed by atoms with Crippen molar-refractivity contribution in [3.05, 3.63) is 83.6 Å². The third-order valence-corrected chi connectivity index (χ3v) is 3.87. The molecule has 3 N–H and O–H groups in total. The molecular formula is C21H21N3O2. The van der Waals surface area contributed by atoms with E-state index in [1.165, 1.54) is 0 Å². The Labute approximate surface area is 152 Å². The zero-order chi connectivity index (χ0) is 18.4. The molecule has 0 saturated carbocycles. The summed E-state index contributed by atoms with van der Waals surface area (Å²) in [7, 11) is 0. The number of pyridine rings is 1. The Kier molecular flexibility index (Phi) is 5.49. The maximum absolute atomic E-state index is 12.2. The van der Waals surface area contributed by atoms with Crippen LogP contribution < -0.4 is 15.8 Å². The van der Waals surface area contributed by atoms with E-state index in [1.807, 2.05) is 55.5 Å². The van der Waals surface area contributed by atoms with Crippen molar-refractivity contribution in [3.63, 3.8) is 0 Å². The minimum atomic E-state index is -0.0617. The predicted octanol–water partition coefficient (Wildman–Crippen LogP) is 3.74. The van der Waals surface area contributed by atoms with Gasteiger partial charge in [0.25, 0.3) is 5.91 Å². The quantitative estimate of drug-likeness (QED) is 0.712. The monoisotopic (exact) mass is 347 g/mol. The van der Waals surface area contributed by atoms with Gasteiger partial charge in [0.1, 0.15) is 17.3 Å². The van der Waals surface area contributed by atoms with Crippen molar-refractivity contribution in [2.24, 2.45) is 0 Å². The summed E-state index contributed by atoms with van der Waals surface area (Å²) in [4.78, 5) is 16.1. The number of nitrogens with zero attached hydrogens (tertiary/aromatic N) is 1. The zero-order valence-electron chi connectivity index (χ0n) is 14.6. The van der Waals surface area contributed by atoms with Crippen LogP contribution in [-0.2, 0) is 6.42 Å². The van der Waals surface area contributed by atoms with Crippen LogP contribution in [0.1, 0.15) is 21.5 Å². The second-order valence-electron chi connectivity index (χ2n) is 6.04. The fourth-order valence-corrected chi connectivity index (χ4v) is 2.60. The van der Waals surface area contributed by atoms with Crippen LogP contribution >= 0.6 is 0 Å². The largest absolute Gasteiger partial charge is 0.457 e. The fraction of sp³-hybridized carbons (Fsp3) is 0.143. The van der Waals surface area contributed by atoms with E-state index in [9.17, 15) is 4.79 Å². The molecule has 0 radical (unpaired) electrons. The number of aryl methyl sites for hydroxylation is 1. The van der Waals surface area contributed by atoms with Crippen LogP contribution in [-0.4, -0.2) is 17.4 Å². The van der Waals surface area contributed by atoms with E-state index in [0.717, 1.165) is 16.9 Å². The first-order valence-corrected chi connectivity index (χ1v) is 8.43. The topological polar surface area (TPSA) is 77.2 Å². The Morgan fingerprint density at radius 1 is 1.08 bits per heavy atom. The number of amides is 1. The first-order valence-electron chi connectivity index (χ1n) is 8.43. The minimum absolute atomic E-state index is 0.0617. The molecule has 0 saturated heterocycles. The van der Waals surface area contributed by atoms with Gasteiger partial charge in [-0.05, 0) is 49.2 Å². The smallest absolute Gasteiger partial charge is 0.251 e. The highest BCUT2D eigenvalue weighted by Gasteiger charge is 2.05. The molecule has 3 rings (SSSR count). The molecule has 0 spiro atoms. The molecule has 5 nitrogen and oxygen atoms in total. The molecule has 1 heterocycles. The van der Waals surface area contributed by atoms with E-state index < -0.39 is 0 Å². The molecule has 3 aromatic rings. The van der Waals surface area contributed by atoms with E-state index >= 15 is 0 Å². The standard InChI is InChI=1S/C21H21N3O2/c1-15-4-2-6-17(12-15)21(25)24-10-8-16-5-3-7-18(13-16)26-19-9-11-23-20(22)14-19/h2-7,9,11-14H,8,10H2,1H3,(H2,22,23)(H,24,25). The molecule has 0 atom stereocenters. The van der Waals surface area contributed by atoms with Crippen LogP contribution in [0.4, 0.5) is 5.82 Å². The second-order valence-corrected chi connectivity index (χ2v) is 6.04. The lowest BCUT2D eigenvalue weighted by Crippen LogP contribution is -2.25. The molecule has 2 aromatic carbocycles. The molecule has 0 unspecified atom stereocenters. The van der Waals surface area contributed by atoms with E-state index in [-0.39, 0.29) is 5.91 Å². The minimum Gasteiger partial charge on any atom is -0.457 e. The summed E-state index contributed by atoms with van der Waals surface area (Å²) in [6, 6.07) is 18.8. The summed E-state index contributed by atoms with van der Waals surface area (Å²) in [6.07, 6.45) is 2.32. The number of nitrogen functional groups attached to an aromatic ring is 1. The summed E-state index contributed by atoms with van der Waals surface area (Å²) in [5, 5.41) is 2.95. The van der Waals surface area contributed by atoms with Crippen molar-refractivity contribution < 1.29 is 9.53 Å². The number of rotatable bonds is 6. The number of carbonyl (C=O) groups excluding carboxylic acids is 1. The molecule has 132 valence electrons. The lowest BCUT2D eigenvalue weighted by Gasteiger charge is -2.09. The number of hydrogen-bond donors (Lipinski definition) is 2. The molecule has 0 fully saturated rings. The normalized spacial score (nSPS) is 10.3. The third-order valence-electron chi connectivity index (χ3n) is 3.87. The van der Waals surface area contributed by atoms with Gasteiger partial charge < -0.3 is 15.8 Å². The van der Waals surface area contributed by atoms with Gasteiger partial charge in [-0.15, -0.1) is 0 Å². The first kappa shape index (κ1) is 17.5.